The van der Waals surface area contributed by atoms with Gasteiger partial charge in [0.15, 0.2) is 5.11 Å². The Labute approximate surface area is 140 Å². The maximum atomic E-state index is 10.6. The summed E-state index contributed by atoms with van der Waals surface area (Å²) in [5.74, 6) is 0. The summed E-state index contributed by atoms with van der Waals surface area (Å²) in [6, 6.07) is 14.2. The Morgan fingerprint density at radius 1 is 1.13 bits per heavy atom. The van der Waals surface area contributed by atoms with E-state index in [9.17, 15) is 10.1 Å². The number of benzene rings is 2. The van der Waals surface area contributed by atoms with Crippen LogP contribution in [0.2, 0.25) is 0 Å². The van der Waals surface area contributed by atoms with Crippen LogP contribution in [0.5, 0.6) is 0 Å². The molecule has 2 rings (SSSR count). The van der Waals surface area contributed by atoms with E-state index in [-0.39, 0.29) is 5.69 Å². The van der Waals surface area contributed by atoms with Gasteiger partial charge in [-0.15, -0.1) is 0 Å². The Bertz CT molecular complexity index is 686. The number of unbranched alkanes of at least 4 members (excludes halogenated alkanes) is 1. The molecule has 5 nitrogen and oxygen atoms in total. The number of anilines is 2. The molecule has 0 spiro atoms. The highest BCUT2D eigenvalue weighted by molar-refractivity contribution is 7.80. The second-order valence-corrected chi connectivity index (χ2v) is 5.55. The van der Waals surface area contributed by atoms with E-state index in [1.807, 2.05) is 18.2 Å². The minimum Gasteiger partial charge on any atom is -0.332 e. The van der Waals surface area contributed by atoms with Gasteiger partial charge >= 0.3 is 0 Å². The van der Waals surface area contributed by atoms with Gasteiger partial charge in [-0.25, -0.2) is 0 Å². The number of nitrogens with one attached hydrogen (secondary N) is 2. The van der Waals surface area contributed by atoms with E-state index in [4.69, 9.17) is 12.2 Å². The number of rotatable bonds is 6. The lowest BCUT2D eigenvalue weighted by Gasteiger charge is -2.14. The van der Waals surface area contributed by atoms with Gasteiger partial charge in [0, 0.05) is 23.5 Å². The molecule has 120 valence electrons. The van der Waals surface area contributed by atoms with Crippen molar-refractivity contribution in [3.63, 3.8) is 0 Å². The molecule has 6 heteroatoms. The summed E-state index contributed by atoms with van der Waals surface area (Å²) in [4.78, 5) is 10.2. The van der Waals surface area contributed by atoms with Crippen molar-refractivity contribution < 1.29 is 4.92 Å². The van der Waals surface area contributed by atoms with E-state index in [2.05, 4.69) is 23.6 Å². The van der Waals surface area contributed by atoms with Gasteiger partial charge in [0.2, 0.25) is 0 Å². The lowest BCUT2D eigenvalue weighted by atomic mass is 10.1. The molecule has 2 aromatic rings. The molecule has 0 fully saturated rings. The first-order valence-corrected chi connectivity index (χ1v) is 7.91. The molecule has 0 atom stereocenters. The molecule has 0 aliphatic heterocycles. The van der Waals surface area contributed by atoms with Crippen LogP contribution in [0, 0.1) is 10.1 Å². The zero-order valence-corrected chi connectivity index (χ0v) is 13.7. The first-order valence-electron chi connectivity index (χ1n) is 7.50. The number of hydrogen-bond acceptors (Lipinski definition) is 3. The smallest absolute Gasteiger partial charge is 0.269 e. The fourth-order valence-corrected chi connectivity index (χ4v) is 2.41. The summed E-state index contributed by atoms with van der Waals surface area (Å²) < 4.78 is 0. The number of para-hydroxylation sites is 1. The Morgan fingerprint density at radius 2 is 1.83 bits per heavy atom. The molecule has 23 heavy (non-hydrogen) atoms. The molecule has 0 bridgehead atoms. The van der Waals surface area contributed by atoms with E-state index < -0.39 is 4.92 Å². The van der Waals surface area contributed by atoms with Crippen LogP contribution in [0.1, 0.15) is 25.3 Å². The van der Waals surface area contributed by atoms with Crippen LogP contribution in [0.15, 0.2) is 48.5 Å². The van der Waals surface area contributed by atoms with Gasteiger partial charge in [-0.05, 0) is 48.8 Å². The summed E-state index contributed by atoms with van der Waals surface area (Å²) in [6.07, 6.45) is 3.26. The maximum absolute atomic E-state index is 10.6. The second-order valence-electron chi connectivity index (χ2n) is 5.14. The molecule has 0 amide bonds. The van der Waals surface area contributed by atoms with Crippen molar-refractivity contribution in [1.29, 1.82) is 0 Å². The van der Waals surface area contributed by atoms with Gasteiger partial charge in [-0.1, -0.05) is 31.5 Å². The minimum atomic E-state index is -0.426. The van der Waals surface area contributed by atoms with Crippen LogP contribution < -0.4 is 10.6 Å². The van der Waals surface area contributed by atoms with Gasteiger partial charge in [0.05, 0.1) is 4.92 Å². The van der Waals surface area contributed by atoms with Crippen molar-refractivity contribution in [2.45, 2.75) is 26.2 Å². The third-order valence-corrected chi connectivity index (χ3v) is 3.61. The first kappa shape index (κ1) is 16.9. The van der Waals surface area contributed by atoms with Crippen molar-refractivity contribution in [3.05, 3.63) is 64.2 Å². The lowest BCUT2D eigenvalue weighted by Crippen LogP contribution is -2.19. The van der Waals surface area contributed by atoms with E-state index in [1.165, 1.54) is 17.7 Å². The fraction of sp³-hybridized carbons (Fsp3) is 0.235. The van der Waals surface area contributed by atoms with Gasteiger partial charge in [-0.3, -0.25) is 10.1 Å². The Hall–Kier alpha value is -2.47. The SMILES string of the molecule is CCCCc1ccccc1NC(=S)Nc1ccc([N+](=O)[O-])cc1. The molecule has 0 saturated carbocycles. The number of thiocarbonyl (C=S) groups is 1. The predicted molar refractivity (Wildman–Crippen MR) is 98.0 cm³/mol. The number of nitro benzene ring substituents is 1. The van der Waals surface area contributed by atoms with E-state index >= 15 is 0 Å². The number of aryl methyl sites for hydroxylation is 1. The third-order valence-electron chi connectivity index (χ3n) is 3.40. The average Bonchev–Trinajstić information content (AvgIpc) is 2.54. The summed E-state index contributed by atoms with van der Waals surface area (Å²) in [5.41, 5.74) is 2.97. The van der Waals surface area contributed by atoms with Gasteiger partial charge in [0.25, 0.3) is 5.69 Å². The normalized spacial score (nSPS) is 10.1. The van der Waals surface area contributed by atoms with Crippen LogP contribution >= 0.6 is 12.2 Å². The van der Waals surface area contributed by atoms with Crippen molar-refractivity contribution >= 4 is 34.4 Å². The highest BCUT2D eigenvalue weighted by Crippen LogP contribution is 2.19. The molecule has 0 aliphatic carbocycles. The first-order chi connectivity index (χ1) is 11.1. The van der Waals surface area contributed by atoms with Crippen molar-refractivity contribution in [2.75, 3.05) is 10.6 Å². The van der Waals surface area contributed by atoms with E-state index in [0.29, 0.717) is 10.8 Å². The predicted octanol–water partition coefficient (Wildman–Crippen LogP) is 4.75. The molecule has 0 heterocycles. The molecule has 0 saturated heterocycles. The van der Waals surface area contributed by atoms with E-state index in [0.717, 1.165) is 24.9 Å². The monoisotopic (exact) mass is 329 g/mol. The Balaban J connectivity index is 2.00. The molecular weight excluding hydrogens is 310 g/mol. The van der Waals surface area contributed by atoms with Crippen LogP contribution in [0.4, 0.5) is 17.1 Å². The average molecular weight is 329 g/mol. The standard InChI is InChI=1S/C17H19N3O2S/c1-2-3-6-13-7-4-5-8-16(13)19-17(23)18-14-9-11-15(12-10-14)20(21)22/h4-5,7-12H,2-3,6H2,1H3,(H2,18,19,23). The zero-order valence-electron chi connectivity index (χ0n) is 12.9. The largest absolute Gasteiger partial charge is 0.332 e. The fourth-order valence-electron chi connectivity index (χ4n) is 2.18. The molecule has 0 aromatic heterocycles. The number of nitrogens with zero attached hydrogens (tertiary/aromatic N) is 1. The highest BCUT2D eigenvalue weighted by Gasteiger charge is 2.06. The molecule has 2 N–H and O–H groups in total. The van der Waals surface area contributed by atoms with Crippen LogP contribution in [-0.2, 0) is 6.42 Å². The maximum Gasteiger partial charge on any atom is 0.269 e. The Kier molecular flexibility index (Phi) is 6.05. The molecule has 2 aromatic carbocycles. The van der Waals surface area contributed by atoms with Crippen molar-refractivity contribution in [2.24, 2.45) is 0 Å². The summed E-state index contributed by atoms with van der Waals surface area (Å²) in [7, 11) is 0. The van der Waals surface area contributed by atoms with E-state index in [1.54, 1.807) is 12.1 Å². The molecule has 0 radical (unpaired) electrons. The van der Waals surface area contributed by atoms with Crippen LogP contribution in [0.3, 0.4) is 0 Å². The van der Waals surface area contributed by atoms with Gasteiger partial charge in [0.1, 0.15) is 0 Å². The second kappa shape index (κ2) is 8.24. The quantitative estimate of drug-likeness (QED) is 0.455. The topological polar surface area (TPSA) is 67.2 Å². The molecule has 0 aliphatic rings. The molecular formula is C17H19N3O2S. The van der Waals surface area contributed by atoms with Crippen LogP contribution in [0.25, 0.3) is 0 Å². The summed E-state index contributed by atoms with van der Waals surface area (Å²) in [5, 5.41) is 17.3. The zero-order chi connectivity index (χ0) is 16.7. The number of hydrogen-bond donors (Lipinski definition) is 2. The lowest BCUT2D eigenvalue weighted by molar-refractivity contribution is -0.384. The van der Waals surface area contributed by atoms with Gasteiger partial charge < -0.3 is 10.6 Å². The summed E-state index contributed by atoms with van der Waals surface area (Å²) >= 11 is 5.32. The number of non-ortho nitro benzene ring substituents is 1. The van der Waals surface area contributed by atoms with Crippen molar-refractivity contribution in [3.8, 4) is 0 Å². The minimum absolute atomic E-state index is 0.0549. The van der Waals surface area contributed by atoms with Crippen molar-refractivity contribution in [1.82, 2.24) is 0 Å². The summed E-state index contributed by atoms with van der Waals surface area (Å²) in [6.45, 7) is 2.16. The van der Waals surface area contributed by atoms with Gasteiger partial charge in [-0.2, -0.15) is 0 Å². The Morgan fingerprint density at radius 3 is 2.48 bits per heavy atom. The molecule has 0 unspecified atom stereocenters. The highest BCUT2D eigenvalue weighted by atomic mass is 32.1. The number of nitro groups is 1. The van der Waals surface area contributed by atoms with Crippen LogP contribution in [-0.4, -0.2) is 10.0 Å². The third kappa shape index (κ3) is 5.03.